The van der Waals surface area contributed by atoms with Crippen LogP contribution in [-0.2, 0) is 0 Å². The fourth-order valence-electron chi connectivity index (χ4n) is 3.08. The quantitative estimate of drug-likeness (QED) is 0.740. The fourth-order valence-corrected chi connectivity index (χ4v) is 3.21. The summed E-state index contributed by atoms with van der Waals surface area (Å²) in [6.07, 6.45) is 5.33. The van der Waals surface area contributed by atoms with Crippen LogP contribution in [0.1, 0.15) is 46.0 Å². The van der Waals surface area contributed by atoms with Crippen LogP contribution in [0.2, 0.25) is 0 Å². The first-order valence-electron chi connectivity index (χ1n) is 8.54. The van der Waals surface area contributed by atoms with Gasteiger partial charge in [0, 0.05) is 24.3 Å². The highest BCUT2D eigenvalue weighted by Crippen LogP contribution is 2.25. The number of rotatable bonds is 5. The number of thiol groups is 1. The van der Waals surface area contributed by atoms with Crippen molar-refractivity contribution in [1.29, 1.82) is 0 Å². The van der Waals surface area contributed by atoms with E-state index in [-0.39, 0.29) is 12.1 Å². The van der Waals surface area contributed by atoms with Gasteiger partial charge in [-0.15, -0.1) is 0 Å². The molecule has 6 heteroatoms. The van der Waals surface area contributed by atoms with Crippen LogP contribution in [-0.4, -0.2) is 28.8 Å². The Morgan fingerprint density at radius 2 is 2.00 bits per heavy atom. The van der Waals surface area contributed by atoms with E-state index in [9.17, 15) is 9.59 Å². The molecule has 2 rings (SSSR count). The van der Waals surface area contributed by atoms with E-state index < -0.39 is 5.24 Å². The van der Waals surface area contributed by atoms with Crippen molar-refractivity contribution in [2.45, 2.75) is 52.0 Å². The SMILES string of the molecule is CC(C)CN(C(=O)Oc1cccc(NC(=O)S)c1)C1CCCCC1. The molecule has 0 aliphatic heterocycles. The Morgan fingerprint density at radius 3 is 2.62 bits per heavy atom. The molecule has 1 saturated carbocycles. The van der Waals surface area contributed by atoms with E-state index in [1.165, 1.54) is 6.42 Å². The molecular formula is C18H26N2O3S. The number of benzene rings is 1. The zero-order chi connectivity index (χ0) is 17.5. The Kier molecular flexibility index (Phi) is 6.97. The molecule has 1 aromatic carbocycles. The molecule has 5 nitrogen and oxygen atoms in total. The van der Waals surface area contributed by atoms with Gasteiger partial charge in [0.1, 0.15) is 5.75 Å². The number of nitrogens with one attached hydrogen (secondary N) is 1. The molecule has 0 saturated heterocycles. The lowest BCUT2D eigenvalue weighted by Crippen LogP contribution is -2.44. The van der Waals surface area contributed by atoms with Crippen LogP contribution in [0.3, 0.4) is 0 Å². The van der Waals surface area contributed by atoms with E-state index in [0.717, 1.165) is 25.7 Å². The maximum atomic E-state index is 12.7. The second-order valence-corrected chi connectivity index (χ2v) is 7.07. The molecule has 0 radical (unpaired) electrons. The lowest BCUT2D eigenvalue weighted by molar-refractivity contribution is 0.110. The summed E-state index contributed by atoms with van der Waals surface area (Å²) < 4.78 is 5.56. The molecule has 132 valence electrons. The van der Waals surface area contributed by atoms with Crippen LogP contribution in [0.15, 0.2) is 24.3 Å². The lowest BCUT2D eigenvalue weighted by atomic mass is 9.94. The third-order valence-corrected chi connectivity index (χ3v) is 4.21. The van der Waals surface area contributed by atoms with Gasteiger partial charge in [0.25, 0.3) is 5.24 Å². The van der Waals surface area contributed by atoms with Gasteiger partial charge in [-0.25, -0.2) is 4.79 Å². The summed E-state index contributed by atoms with van der Waals surface area (Å²) in [4.78, 5) is 25.6. The van der Waals surface area contributed by atoms with Gasteiger partial charge in [-0.05, 0) is 30.9 Å². The standard InChI is InChI=1S/C18H26N2O3S/c1-13(2)12-20(15-8-4-3-5-9-15)18(22)23-16-10-6-7-14(11-16)19-17(21)24/h6-7,10-11,13,15H,3-5,8-9,12H2,1-2H3,(H2,19,21,24). The van der Waals surface area contributed by atoms with Gasteiger partial charge in [0.15, 0.2) is 0 Å². The van der Waals surface area contributed by atoms with E-state index in [4.69, 9.17) is 4.74 Å². The zero-order valence-electron chi connectivity index (χ0n) is 14.3. The zero-order valence-corrected chi connectivity index (χ0v) is 15.2. The van der Waals surface area contributed by atoms with Gasteiger partial charge in [0.2, 0.25) is 0 Å². The van der Waals surface area contributed by atoms with Gasteiger partial charge < -0.3 is 15.0 Å². The molecule has 24 heavy (non-hydrogen) atoms. The molecule has 1 aliphatic rings. The summed E-state index contributed by atoms with van der Waals surface area (Å²) in [5.41, 5.74) is 0.549. The Bertz CT molecular complexity index is 571. The molecule has 0 bridgehead atoms. The first kappa shape index (κ1) is 18.6. The summed E-state index contributed by atoms with van der Waals surface area (Å²) >= 11 is 3.69. The Hall–Kier alpha value is -1.69. The normalized spacial score (nSPS) is 15.2. The van der Waals surface area contributed by atoms with Crippen molar-refractivity contribution in [1.82, 2.24) is 4.90 Å². The monoisotopic (exact) mass is 350 g/mol. The van der Waals surface area contributed by atoms with Crippen molar-refractivity contribution in [2.75, 3.05) is 11.9 Å². The van der Waals surface area contributed by atoms with E-state index in [1.807, 2.05) is 4.90 Å². The van der Waals surface area contributed by atoms with Gasteiger partial charge in [0.05, 0.1) is 0 Å². The minimum atomic E-state index is -0.456. The molecule has 0 aromatic heterocycles. The number of nitrogens with zero attached hydrogens (tertiary/aromatic N) is 1. The average molecular weight is 350 g/mol. The predicted octanol–water partition coefficient (Wildman–Crippen LogP) is 4.94. The highest BCUT2D eigenvalue weighted by atomic mass is 32.1. The largest absolute Gasteiger partial charge is 0.415 e. The number of hydrogen-bond acceptors (Lipinski definition) is 3. The minimum absolute atomic E-state index is 0.258. The number of anilines is 1. The summed E-state index contributed by atoms with van der Waals surface area (Å²) in [6.45, 7) is 4.90. The van der Waals surface area contributed by atoms with Gasteiger partial charge in [-0.3, -0.25) is 4.79 Å². The van der Waals surface area contributed by atoms with Crippen molar-refractivity contribution in [3.8, 4) is 5.75 Å². The van der Waals surface area contributed by atoms with Gasteiger partial charge in [-0.1, -0.05) is 51.8 Å². The Labute approximate surface area is 149 Å². The van der Waals surface area contributed by atoms with Crippen LogP contribution in [0.5, 0.6) is 5.75 Å². The van der Waals surface area contributed by atoms with Crippen LogP contribution < -0.4 is 10.1 Å². The molecule has 1 aliphatic carbocycles. The van der Waals surface area contributed by atoms with Crippen LogP contribution >= 0.6 is 12.6 Å². The Balaban J connectivity index is 2.07. The third kappa shape index (κ3) is 5.74. The second-order valence-electron chi connectivity index (χ2n) is 6.66. The van der Waals surface area contributed by atoms with Crippen molar-refractivity contribution in [3.63, 3.8) is 0 Å². The topological polar surface area (TPSA) is 58.6 Å². The highest BCUT2D eigenvalue weighted by molar-refractivity contribution is 7.96. The van der Waals surface area contributed by atoms with E-state index in [0.29, 0.717) is 23.9 Å². The summed E-state index contributed by atoms with van der Waals surface area (Å²) in [5, 5.41) is 2.11. The average Bonchev–Trinajstić information content (AvgIpc) is 2.53. The number of ether oxygens (including phenoxy) is 1. The first-order chi connectivity index (χ1) is 11.5. The van der Waals surface area contributed by atoms with E-state index in [2.05, 4.69) is 31.8 Å². The van der Waals surface area contributed by atoms with Crippen LogP contribution in [0.4, 0.5) is 15.3 Å². The smallest absolute Gasteiger partial charge is 0.410 e. The van der Waals surface area contributed by atoms with E-state index in [1.54, 1.807) is 24.3 Å². The van der Waals surface area contributed by atoms with Crippen molar-refractivity contribution < 1.29 is 14.3 Å². The number of amides is 2. The number of carbonyl (C=O) groups excluding carboxylic acids is 2. The molecule has 2 amide bonds. The van der Waals surface area contributed by atoms with E-state index >= 15 is 0 Å². The second kappa shape index (κ2) is 8.97. The maximum absolute atomic E-state index is 12.7. The molecule has 1 fully saturated rings. The molecular weight excluding hydrogens is 324 g/mol. The molecule has 0 atom stereocenters. The number of carbonyl (C=O) groups is 2. The highest BCUT2D eigenvalue weighted by Gasteiger charge is 2.27. The predicted molar refractivity (Wildman–Crippen MR) is 98.9 cm³/mol. The summed E-state index contributed by atoms with van der Waals surface area (Å²) in [7, 11) is 0. The molecule has 1 aromatic rings. The van der Waals surface area contributed by atoms with Gasteiger partial charge in [-0.2, -0.15) is 0 Å². The maximum Gasteiger partial charge on any atom is 0.415 e. The summed E-state index contributed by atoms with van der Waals surface area (Å²) in [5.74, 6) is 0.804. The van der Waals surface area contributed by atoms with Crippen molar-refractivity contribution >= 4 is 29.6 Å². The van der Waals surface area contributed by atoms with Gasteiger partial charge >= 0.3 is 6.09 Å². The van der Waals surface area contributed by atoms with Crippen molar-refractivity contribution in [2.24, 2.45) is 5.92 Å². The summed E-state index contributed by atoms with van der Waals surface area (Å²) in [6, 6.07) is 7.04. The van der Waals surface area contributed by atoms with Crippen LogP contribution in [0.25, 0.3) is 0 Å². The molecule has 0 spiro atoms. The molecule has 0 unspecified atom stereocenters. The fraction of sp³-hybridized carbons (Fsp3) is 0.556. The van der Waals surface area contributed by atoms with Crippen molar-refractivity contribution in [3.05, 3.63) is 24.3 Å². The Morgan fingerprint density at radius 1 is 1.29 bits per heavy atom. The van der Waals surface area contributed by atoms with Crippen LogP contribution in [0, 0.1) is 5.92 Å². The third-order valence-electron chi connectivity index (χ3n) is 4.10. The minimum Gasteiger partial charge on any atom is -0.410 e. The molecule has 1 N–H and O–H groups in total. The lowest BCUT2D eigenvalue weighted by Gasteiger charge is -2.34. The molecule has 0 heterocycles. The number of hydrogen-bond donors (Lipinski definition) is 2. The first-order valence-corrected chi connectivity index (χ1v) is 8.99.